The molecule has 0 saturated carbocycles. The van der Waals surface area contributed by atoms with E-state index in [1.54, 1.807) is 0 Å². The smallest absolute Gasteiger partial charge is 0.222 e. The van der Waals surface area contributed by atoms with E-state index in [1.807, 2.05) is 0 Å². The summed E-state index contributed by atoms with van der Waals surface area (Å²) in [5.41, 5.74) is 0. The molecule has 370 valence electrons. The fraction of sp³-hybridized carbons (Fsp3) is 0.947. The zero-order valence-electron chi connectivity index (χ0n) is 42.3. The van der Waals surface area contributed by atoms with E-state index in [0.29, 0.717) is 12.8 Å². The van der Waals surface area contributed by atoms with Crippen molar-refractivity contribution in [1.82, 2.24) is 5.32 Å². The number of nitrogens with one attached hydrogen (secondary N) is 1. The van der Waals surface area contributed by atoms with Crippen molar-refractivity contribution in [2.75, 3.05) is 6.61 Å². The normalized spacial score (nSPS) is 13.3. The average Bonchev–Trinajstić information content (AvgIpc) is 3.27. The first-order chi connectivity index (χ1) is 30.5. The molecule has 0 heterocycles. The Labute approximate surface area is 389 Å². The second-order valence-electron chi connectivity index (χ2n) is 19.9. The minimum Gasteiger partial charge on any atom is -0.394 e. The Bertz CT molecular complexity index is 879. The number of aliphatic hydroxyl groups is 3. The number of carbonyl (C=O) groups excluding carboxylic acids is 1. The van der Waals surface area contributed by atoms with Gasteiger partial charge in [-0.25, -0.2) is 0 Å². The van der Waals surface area contributed by atoms with Gasteiger partial charge in [0.25, 0.3) is 0 Å². The fourth-order valence-corrected chi connectivity index (χ4v) is 9.23. The summed E-state index contributed by atoms with van der Waals surface area (Å²) in [4.78, 5) is 12.5. The number of rotatable bonds is 53. The van der Waals surface area contributed by atoms with Gasteiger partial charge in [-0.1, -0.05) is 289 Å². The van der Waals surface area contributed by atoms with Crippen molar-refractivity contribution < 1.29 is 20.1 Å². The number of amides is 1. The van der Waals surface area contributed by atoms with Gasteiger partial charge in [-0.05, 0) is 38.5 Å². The van der Waals surface area contributed by atoms with E-state index in [2.05, 4.69) is 31.3 Å². The maximum absolute atomic E-state index is 12.5. The van der Waals surface area contributed by atoms with E-state index in [0.717, 1.165) is 25.7 Å². The number of unbranched alkanes of at least 4 members (excludes halogenated alkanes) is 42. The molecule has 0 aliphatic carbocycles. The summed E-state index contributed by atoms with van der Waals surface area (Å²) in [6, 6.07) is -0.654. The predicted octanol–water partition coefficient (Wildman–Crippen LogP) is 17.5. The van der Waals surface area contributed by atoms with Crippen LogP contribution in [0.1, 0.15) is 322 Å². The molecule has 1 amide bonds. The summed E-state index contributed by atoms with van der Waals surface area (Å²) in [6.45, 7) is 4.27. The molecule has 0 aromatic carbocycles. The molecular formula is C57H113NO4. The molecule has 62 heavy (non-hydrogen) atoms. The van der Waals surface area contributed by atoms with Gasteiger partial charge in [0.2, 0.25) is 5.91 Å². The lowest BCUT2D eigenvalue weighted by molar-refractivity contribution is -0.125. The first kappa shape index (κ1) is 61.1. The molecule has 4 N–H and O–H groups in total. The quantitative estimate of drug-likeness (QED) is 0.0362. The Hall–Kier alpha value is -0.910. The summed E-state index contributed by atoms with van der Waals surface area (Å²) < 4.78 is 0. The van der Waals surface area contributed by atoms with Gasteiger partial charge in [0.1, 0.15) is 0 Å². The lowest BCUT2D eigenvalue weighted by Crippen LogP contribution is -2.46. The Morgan fingerprint density at radius 2 is 0.645 bits per heavy atom. The van der Waals surface area contributed by atoms with Crippen LogP contribution in [-0.2, 0) is 4.79 Å². The van der Waals surface area contributed by atoms with Gasteiger partial charge in [-0.2, -0.15) is 0 Å². The van der Waals surface area contributed by atoms with Gasteiger partial charge >= 0.3 is 0 Å². The minimum atomic E-state index is -0.745. The molecule has 0 radical (unpaired) electrons. The van der Waals surface area contributed by atoms with Crippen LogP contribution < -0.4 is 5.32 Å². The van der Waals surface area contributed by atoms with Crippen LogP contribution in [-0.4, -0.2) is 46.1 Å². The first-order valence-electron chi connectivity index (χ1n) is 28.5. The van der Waals surface area contributed by atoms with Crippen LogP contribution in [0, 0.1) is 0 Å². The Morgan fingerprint density at radius 1 is 0.387 bits per heavy atom. The van der Waals surface area contributed by atoms with E-state index in [4.69, 9.17) is 0 Å². The molecule has 0 saturated heterocycles. The number of hydrogen-bond donors (Lipinski definition) is 4. The number of allylic oxidation sites excluding steroid dienone is 2. The van der Waals surface area contributed by atoms with Gasteiger partial charge in [0.15, 0.2) is 0 Å². The van der Waals surface area contributed by atoms with Gasteiger partial charge < -0.3 is 20.6 Å². The predicted molar refractivity (Wildman–Crippen MR) is 273 cm³/mol. The van der Waals surface area contributed by atoms with E-state index in [9.17, 15) is 20.1 Å². The molecule has 0 spiro atoms. The van der Waals surface area contributed by atoms with E-state index in [-0.39, 0.29) is 18.9 Å². The van der Waals surface area contributed by atoms with Crippen molar-refractivity contribution in [2.24, 2.45) is 0 Å². The molecule has 0 aliphatic heterocycles. The maximum atomic E-state index is 12.5. The van der Waals surface area contributed by atoms with Crippen molar-refractivity contribution in [3.8, 4) is 0 Å². The van der Waals surface area contributed by atoms with Crippen LogP contribution in [0.3, 0.4) is 0 Å². The number of aliphatic hydroxyl groups excluding tert-OH is 3. The highest BCUT2D eigenvalue weighted by molar-refractivity contribution is 5.76. The Morgan fingerprint density at radius 3 is 0.935 bits per heavy atom. The molecule has 0 fully saturated rings. The Balaban J connectivity index is 3.39. The largest absolute Gasteiger partial charge is 0.394 e. The van der Waals surface area contributed by atoms with Crippen LogP contribution in [0.5, 0.6) is 0 Å². The second kappa shape index (κ2) is 52.7. The van der Waals surface area contributed by atoms with E-state index < -0.39 is 18.2 Å². The van der Waals surface area contributed by atoms with E-state index >= 15 is 0 Å². The fourth-order valence-electron chi connectivity index (χ4n) is 9.23. The third kappa shape index (κ3) is 48.5. The highest BCUT2D eigenvalue weighted by Crippen LogP contribution is 2.18. The Kier molecular flexibility index (Phi) is 51.9. The summed E-state index contributed by atoms with van der Waals surface area (Å²) in [6.07, 6.45) is 65.5. The molecule has 0 aromatic heterocycles. The molecule has 5 heteroatoms. The van der Waals surface area contributed by atoms with Gasteiger partial charge in [0, 0.05) is 0 Å². The monoisotopic (exact) mass is 876 g/mol. The first-order valence-corrected chi connectivity index (χ1v) is 28.5. The van der Waals surface area contributed by atoms with Gasteiger partial charge in [-0.15, -0.1) is 0 Å². The average molecular weight is 877 g/mol. The molecule has 0 bridgehead atoms. The summed E-state index contributed by atoms with van der Waals surface area (Å²) in [5, 5.41) is 33.4. The lowest BCUT2D eigenvalue weighted by Gasteiger charge is -2.23. The topological polar surface area (TPSA) is 89.8 Å². The molecule has 3 atom stereocenters. The highest BCUT2D eigenvalue weighted by Gasteiger charge is 2.21. The minimum absolute atomic E-state index is 0.0404. The third-order valence-electron chi connectivity index (χ3n) is 13.6. The van der Waals surface area contributed by atoms with Crippen LogP contribution in [0.4, 0.5) is 0 Å². The van der Waals surface area contributed by atoms with Gasteiger partial charge in [0.05, 0.1) is 31.3 Å². The maximum Gasteiger partial charge on any atom is 0.222 e. The van der Waals surface area contributed by atoms with Crippen molar-refractivity contribution in [1.29, 1.82) is 0 Å². The zero-order valence-corrected chi connectivity index (χ0v) is 42.3. The van der Waals surface area contributed by atoms with Gasteiger partial charge in [-0.3, -0.25) is 4.79 Å². The van der Waals surface area contributed by atoms with Crippen molar-refractivity contribution in [3.05, 3.63) is 12.2 Å². The van der Waals surface area contributed by atoms with Crippen molar-refractivity contribution in [2.45, 2.75) is 340 Å². The van der Waals surface area contributed by atoms with Crippen LogP contribution >= 0.6 is 0 Å². The van der Waals surface area contributed by atoms with E-state index in [1.165, 1.54) is 263 Å². The standard InChI is InChI=1S/C57H113NO4/c1-3-5-7-9-11-13-15-16-17-18-19-20-21-22-23-24-25-26-27-28-29-30-31-32-33-34-35-36-37-38-39-40-41-42-44-46-48-50-54(60)52-57(62)58-55(53-59)56(61)51-49-47-45-43-14-12-10-8-6-4-2/h28-29,54-56,59-61H,3-27,30-53H2,1-2H3,(H,58,62)/b29-28-. The van der Waals surface area contributed by atoms with Crippen molar-refractivity contribution in [3.63, 3.8) is 0 Å². The second-order valence-corrected chi connectivity index (χ2v) is 19.9. The zero-order chi connectivity index (χ0) is 45.1. The van der Waals surface area contributed by atoms with Crippen LogP contribution in [0.25, 0.3) is 0 Å². The number of carbonyl (C=O) groups is 1. The summed E-state index contributed by atoms with van der Waals surface area (Å²) >= 11 is 0. The molecule has 0 rings (SSSR count). The summed E-state index contributed by atoms with van der Waals surface area (Å²) in [7, 11) is 0. The molecular weight excluding hydrogens is 763 g/mol. The molecule has 5 nitrogen and oxygen atoms in total. The summed E-state index contributed by atoms with van der Waals surface area (Å²) in [5.74, 6) is -0.280. The molecule has 0 aliphatic rings. The van der Waals surface area contributed by atoms with Crippen LogP contribution in [0.2, 0.25) is 0 Å². The SMILES string of the molecule is CCCCCCCCCCCCCCCCCCCC/C=C\CCCCCCCCCCCCCCCCCC(O)CC(=O)NC(CO)C(O)CCCCCCCCCCCC. The number of hydrogen-bond acceptors (Lipinski definition) is 4. The lowest BCUT2D eigenvalue weighted by atomic mass is 10.0. The molecule has 0 aromatic rings. The third-order valence-corrected chi connectivity index (χ3v) is 13.6. The van der Waals surface area contributed by atoms with Crippen LogP contribution in [0.15, 0.2) is 12.2 Å². The van der Waals surface area contributed by atoms with Crippen molar-refractivity contribution >= 4 is 5.91 Å². The highest BCUT2D eigenvalue weighted by atomic mass is 16.3. The molecule has 3 unspecified atom stereocenters.